The highest BCUT2D eigenvalue weighted by Gasteiger charge is 2.06. The van der Waals surface area contributed by atoms with E-state index in [2.05, 4.69) is 37.9 Å². The van der Waals surface area contributed by atoms with Crippen LogP contribution in [-0.4, -0.2) is 15.9 Å². The monoisotopic (exact) mass is 417 g/mol. The minimum atomic E-state index is -0.149. The summed E-state index contributed by atoms with van der Waals surface area (Å²) in [5, 5.41) is 2.84. The molecule has 0 unspecified atom stereocenters. The summed E-state index contributed by atoms with van der Waals surface area (Å²) in [6.45, 7) is 0. The molecule has 0 saturated heterocycles. The zero-order chi connectivity index (χ0) is 16.1. The summed E-state index contributed by atoms with van der Waals surface area (Å²) in [6.07, 6.45) is 4.67. The summed E-state index contributed by atoms with van der Waals surface area (Å²) in [7, 11) is 0. The smallest absolute Gasteiger partial charge is 0.255 e. The molecular formula is C17H12IN3O2. The highest BCUT2D eigenvalue weighted by atomic mass is 127. The average molecular weight is 417 g/mol. The van der Waals surface area contributed by atoms with Gasteiger partial charge in [-0.3, -0.25) is 9.78 Å². The average Bonchev–Trinajstić information content (AvgIpc) is 2.58. The van der Waals surface area contributed by atoms with Crippen molar-refractivity contribution in [2.24, 2.45) is 0 Å². The van der Waals surface area contributed by atoms with Gasteiger partial charge in [-0.1, -0.05) is 0 Å². The van der Waals surface area contributed by atoms with Crippen LogP contribution in [0.3, 0.4) is 0 Å². The first-order chi connectivity index (χ1) is 11.2. The third-order valence-corrected chi connectivity index (χ3v) is 3.70. The highest BCUT2D eigenvalue weighted by molar-refractivity contribution is 14.1. The van der Waals surface area contributed by atoms with Gasteiger partial charge in [-0.05, 0) is 71.1 Å². The molecule has 1 amide bonds. The van der Waals surface area contributed by atoms with Gasteiger partial charge in [0.2, 0.25) is 5.88 Å². The summed E-state index contributed by atoms with van der Waals surface area (Å²) in [6, 6.07) is 14.5. The van der Waals surface area contributed by atoms with Crippen LogP contribution in [0.5, 0.6) is 11.6 Å². The Kier molecular flexibility index (Phi) is 4.82. The van der Waals surface area contributed by atoms with Crippen molar-refractivity contribution in [2.45, 2.75) is 0 Å². The van der Waals surface area contributed by atoms with E-state index in [4.69, 9.17) is 4.74 Å². The lowest BCUT2D eigenvalue weighted by atomic mass is 10.2. The van der Waals surface area contributed by atoms with Gasteiger partial charge < -0.3 is 10.1 Å². The number of nitrogens with one attached hydrogen (secondary N) is 1. The molecule has 1 aromatic heterocycles. The van der Waals surface area contributed by atoms with Gasteiger partial charge in [0.1, 0.15) is 5.75 Å². The molecule has 0 atom stereocenters. The molecule has 0 spiro atoms. The predicted molar refractivity (Wildman–Crippen MR) is 95.7 cm³/mol. The summed E-state index contributed by atoms with van der Waals surface area (Å²) in [5.41, 5.74) is 1.31. The van der Waals surface area contributed by atoms with Gasteiger partial charge in [0.25, 0.3) is 5.91 Å². The van der Waals surface area contributed by atoms with Crippen molar-refractivity contribution in [3.8, 4) is 11.6 Å². The van der Waals surface area contributed by atoms with E-state index in [1.54, 1.807) is 48.8 Å². The fourth-order valence-electron chi connectivity index (χ4n) is 1.87. The summed E-state index contributed by atoms with van der Waals surface area (Å²) in [5.74, 6) is 0.893. The van der Waals surface area contributed by atoms with Crippen molar-refractivity contribution < 1.29 is 9.53 Å². The minimum absolute atomic E-state index is 0.149. The topological polar surface area (TPSA) is 64.1 Å². The van der Waals surface area contributed by atoms with Crippen LogP contribution in [0.1, 0.15) is 10.4 Å². The van der Waals surface area contributed by atoms with E-state index in [0.29, 0.717) is 22.9 Å². The van der Waals surface area contributed by atoms with Crippen molar-refractivity contribution in [3.63, 3.8) is 0 Å². The third-order valence-electron chi connectivity index (χ3n) is 2.98. The Morgan fingerprint density at radius 3 is 2.39 bits per heavy atom. The van der Waals surface area contributed by atoms with E-state index < -0.39 is 0 Å². The van der Waals surface area contributed by atoms with Gasteiger partial charge in [0.05, 0.1) is 6.20 Å². The van der Waals surface area contributed by atoms with Gasteiger partial charge in [-0.2, -0.15) is 0 Å². The molecule has 114 valence electrons. The first-order valence-electron chi connectivity index (χ1n) is 6.81. The maximum Gasteiger partial charge on any atom is 0.255 e. The number of carbonyl (C=O) groups is 1. The van der Waals surface area contributed by atoms with E-state index in [1.165, 1.54) is 6.20 Å². The molecule has 0 aliphatic rings. The van der Waals surface area contributed by atoms with Crippen molar-refractivity contribution >= 4 is 34.2 Å². The Bertz CT molecular complexity index is 790. The Morgan fingerprint density at radius 2 is 1.74 bits per heavy atom. The van der Waals surface area contributed by atoms with Gasteiger partial charge in [0.15, 0.2) is 0 Å². The number of halogens is 1. The van der Waals surface area contributed by atoms with Crippen molar-refractivity contribution in [3.05, 3.63) is 76.3 Å². The maximum atomic E-state index is 12.1. The van der Waals surface area contributed by atoms with Crippen molar-refractivity contribution in [1.82, 2.24) is 9.97 Å². The Balaban J connectivity index is 1.65. The van der Waals surface area contributed by atoms with E-state index in [0.717, 1.165) is 3.57 Å². The maximum absolute atomic E-state index is 12.1. The van der Waals surface area contributed by atoms with Crippen LogP contribution in [0.2, 0.25) is 0 Å². The number of hydrogen-bond donors (Lipinski definition) is 1. The first-order valence-corrected chi connectivity index (χ1v) is 7.89. The lowest BCUT2D eigenvalue weighted by Gasteiger charge is -2.07. The number of ether oxygens (including phenoxy) is 1. The van der Waals surface area contributed by atoms with Gasteiger partial charge in [-0.25, -0.2) is 4.98 Å². The second-order valence-electron chi connectivity index (χ2n) is 4.63. The fourth-order valence-corrected chi connectivity index (χ4v) is 2.23. The number of anilines is 1. The largest absolute Gasteiger partial charge is 0.438 e. The molecule has 6 heteroatoms. The summed E-state index contributed by atoms with van der Waals surface area (Å²) >= 11 is 2.20. The quantitative estimate of drug-likeness (QED) is 0.649. The van der Waals surface area contributed by atoms with Crippen LogP contribution in [-0.2, 0) is 0 Å². The lowest BCUT2D eigenvalue weighted by molar-refractivity contribution is 0.102. The minimum Gasteiger partial charge on any atom is -0.438 e. The number of carbonyl (C=O) groups excluding carboxylic acids is 1. The molecule has 0 radical (unpaired) electrons. The van der Waals surface area contributed by atoms with E-state index in [-0.39, 0.29) is 5.91 Å². The number of rotatable bonds is 4. The van der Waals surface area contributed by atoms with Gasteiger partial charge >= 0.3 is 0 Å². The molecule has 0 saturated carbocycles. The van der Waals surface area contributed by atoms with E-state index in [9.17, 15) is 4.79 Å². The van der Waals surface area contributed by atoms with Crippen LogP contribution in [0.4, 0.5) is 5.69 Å². The third kappa shape index (κ3) is 4.26. The zero-order valence-electron chi connectivity index (χ0n) is 11.9. The first kappa shape index (κ1) is 15.4. The number of aromatic nitrogens is 2. The standard InChI is InChI=1S/C17H12IN3O2/c18-13-3-1-12(2-4-13)17(22)21-14-5-7-15(8-6-14)23-16-11-19-9-10-20-16/h1-11H,(H,21,22). The number of benzene rings is 2. The van der Waals surface area contributed by atoms with Crippen LogP contribution >= 0.6 is 22.6 Å². The number of nitrogens with zero attached hydrogens (tertiary/aromatic N) is 2. The molecule has 0 aliphatic carbocycles. The number of hydrogen-bond acceptors (Lipinski definition) is 4. The SMILES string of the molecule is O=C(Nc1ccc(Oc2cnccn2)cc1)c1ccc(I)cc1. The fraction of sp³-hybridized carbons (Fsp3) is 0. The Morgan fingerprint density at radius 1 is 1.00 bits per heavy atom. The predicted octanol–water partition coefficient (Wildman–Crippen LogP) is 4.13. The highest BCUT2D eigenvalue weighted by Crippen LogP contribution is 2.21. The van der Waals surface area contributed by atoms with Crippen LogP contribution in [0.25, 0.3) is 0 Å². The molecule has 5 nitrogen and oxygen atoms in total. The molecule has 1 N–H and O–H groups in total. The van der Waals surface area contributed by atoms with Gasteiger partial charge in [-0.15, -0.1) is 0 Å². The van der Waals surface area contributed by atoms with E-state index >= 15 is 0 Å². The normalized spacial score (nSPS) is 10.1. The van der Waals surface area contributed by atoms with Crippen LogP contribution in [0.15, 0.2) is 67.1 Å². The molecule has 0 aliphatic heterocycles. The second-order valence-corrected chi connectivity index (χ2v) is 5.88. The molecule has 2 aromatic carbocycles. The molecule has 1 heterocycles. The number of amides is 1. The Hall–Kier alpha value is -2.48. The van der Waals surface area contributed by atoms with Gasteiger partial charge in [0, 0.05) is 27.2 Å². The lowest BCUT2D eigenvalue weighted by Crippen LogP contribution is -2.11. The van der Waals surface area contributed by atoms with Crippen molar-refractivity contribution in [1.29, 1.82) is 0 Å². The molecular weight excluding hydrogens is 405 g/mol. The molecule has 0 fully saturated rings. The summed E-state index contributed by atoms with van der Waals surface area (Å²) < 4.78 is 6.64. The summed E-state index contributed by atoms with van der Waals surface area (Å²) in [4.78, 5) is 20.1. The Labute approximate surface area is 146 Å². The zero-order valence-corrected chi connectivity index (χ0v) is 14.1. The molecule has 23 heavy (non-hydrogen) atoms. The molecule has 3 rings (SSSR count). The van der Waals surface area contributed by atoms with Crippen molar-refractivity contribution in [2.75, 3.05) is 5.32 Å². The van der Waals surface area contributed by atoms with Crippen LogP contribution < -0.4 is 10.1 Å². The second kappa shape index (κ2) is 7.19. The van der Waals surface area contributed by atoms with E-state index in [1.807, 2.05) is 12.1 Å². The molecule has 0 bridgehead atoms. The van der Waals surface area contributed by atoms with Crippen LogP contribution in [0, 0.1) is 3.57 Å². The molecule has 3 aromatic rings.